The van der Waals surface area contributed by atoms with E-state index in [-0.39, 0.29) is 5.76 Å². The maximum absolute atomic E-state index is 11.3. The summed E-state index contributed by atoms with van der Waals surface area (Å²) in [7, 11) is 1.82. The highest BCUT2D eigenvalue weighted by Gasteiger charge is 2.14. The molecule has 1 heterocycles. The summed E-state index contributed by atoms with van der Waals surface area (Å²) in [4.78, 5) is 33.5. The molecule has 0 bridgehead atoms. The van der Waals surface area contributed by atoms with Crippen LogP contribution >= 0.6 is 0 Å². The Kier molecular flexibility index (Phi) is 5.03. The molecule has 7 heteroatoms. The van der Waals surface area contributed by atoms with Crippen molar-refractivity contribution in [2.45, 2.75) is 20.8 Å². The summed E-state index contributed by atoms with van der Waals surface area (Å²) in [5.74, 6) is -1.07. The molecular weight excluding hydrogens is 314 g/mol. The molecular formula is C17H17NO6. The lowest BCUT2D eigenvalue weighted by Crippen LogP contribution is -2.02. The van der Waals surface area contributed by atoms with Gasteiger partial charge in [-0.05, 0) is 18.2 Å². The van der Waals surface area contributed by atoms with Crippen LogP contribution in [-0.4, -0.2) is 22.5 Å². The van der Waals surface area contributed by atoms with E-state index in [1.54, 1.807) is 29.0 Å². The second-order valence-corrected chi connectivity index (χ2v) is 5.12. The van der Waals surface area contributed by atoms with Crippen LogP contribution in [-0.2, 0) is 30.9 Å². The van der Waals surface area contributed by atoms with Crippen molar-refractivity contribution in [1.82, 2.24) is 4.57 Å². The van der Waals surface area contributed by atoms with E-state index in [2.05, 4.69) is 0 Å². The van der Waals surface area contributed by atoms with Crippen molar-refractivity contribution in [3.8, 4) is 5.75 Å². The molecule has 7 nitrogen and oxygen atoms in total. The summed E-state index contributed by atoms with van der Waals surface area (Å²) in [6, 6.07) is 5.17. The van der Waals surface area contributed by atoms with Crippen LogP contribution < -0.4 is 4.74 Å². The SMILES string of the molecule is CC(=O)O/C=C(\OC(C)=O)c1ccc2c(c1)c(OC(C)=O)cn2C. The smallest absolute Gasteiger partial charge is 0.308 e. The number of rotatable bonds is 4. The molecule has 0 saturated heterocycles. The first-order chi connectivity index (χ1) is 11.3. The highest BCUT2D eigenvalue weighted by molar-refractivity contribution is 5.92. The van der Waals surface area contributed by atoms with Crippen LogP contribution in [0.4, 0.5) is 0 Å². The number of carbonyl (C=O) groups excluding carboxylic acids is 3. The minimum Gasteiger partial charge on any atom is -0.431 e. The van der Waals surface area contributed by atoms with Crippen molar-refractivity contribution in [3.05, 3.63) is 36.2 Å². The second kappa shape index (κ2) is 6.99. The second-order valence-electron chi connectivity index (χ2n) is 5.12. The average Bonchev–Trinajstić information content (AvgIpc) is 2.78. The molecule has 0 N–H and O–H groups in total. The molecule has 1 aromatic carbocycles. The van der Waals surface area contributed by atoms with Gasteiger partial charge in [0.1, 0.15) is 6.26 Å². The lowest BCUT2D eigenvalue weighted by Gasteiger charge is -2.08. The number of esters is 3. The van der Waals surface area contributed by atoms with E-state index in [0.29, 0.717) is 16.7 Å². The summed E-state index contributed by atoms with van der Waals surface area (Å²) in [6.45, 7) is 3.79. The summed E-state index contributed by atoms with van der Waals surface area (Å²) in [6.07, 6.45) is 2.75. The largest absolute Gasteiger partial charge is 0.431 e. The molecule has 0 amide bonds. The van der Waals surface area contributed by atoms with E-state index in [1.165, 1.54) is 20.8 Å². The molecule has 126 valence electrons. The number of aryl methyl sites for hydroxylation is 1. The minimum absolute atomic E-state index is 0.0808. The average molecular weight is 331 g/mol. The number of aromatic nitrogens is 1. The number of ether oxygens (including phenoxy) is 3. The lowest BCUT2D eigenvalue weighted by molar-refractivity contribution is -0.137. The van der Waals surface area contributed by atoms with Crippen LogP contribution in [0.15, 0.2) is 30.7 Å². The summed E-state index contributed by atoms with van der Waals surface area (Å²) in [5, 5.41) is 0.658. The third-order valence-corrected chi connectivity index (χ3v) is 3.08. The van der Waals surface area contributed by atoms with E-state index in [0.717, 1.165) is 11.8 Å². The van der Waals surface area contributed by atoms with Crippen molar-refractivity contribution in [2.75, 3.05) is 0 Å². The van der Waals surface area contributed by atoms with Gasteiger partial charge in [0.2, 0.25) is 0 Å². The molecule has 24 heavy (non-hydrogen) atoms. The van der Waals surface area contributed by atoms with Crippen LogP contribution in [0.2, 0.25) is 0 Å². The van der Waals surface area contributed by atoms with Crippen molar-refractivity contribution in [1.29, 1.82) is 0 Å². The summed E-state index contributed by atoms with van der Waals surface area (Å²) >= 11 is 0. The third kappa shape index (κ3) is 4.01. The Hall–Kier alpha value is -3.09. The van der Waals surface area contributed by atoms with E-state index < -0.39 is 17.9 Å². The molecule has 2 aromatic rings. The normalized spacial score (nSPS) is 11.2. The predicted molar refractivity (Wildman–Crippen MR) is 85.7 cm³/mol. The third-order valence-electron chi connectivity index (χ3n) is 3.08. The van der Waals surface area contributed by atoms with Gasteiger partial charge in [0, 0.05) is 45.0 Å². The first-order valence-corrected chi connectivity index (χ1v) is 7.11. The monoisotopic (exact) mass is 331 g/mol. The fourth-order valence-electron chi connectivity index (χ4n) is 2.19. The van der Waals surface area contributed by atoms with E-state index in [4.69, 9.17) is 14.2 Å². The van der Waals surface area contributed by atoms with Gasteiger partial charge >= 0.3 is 17.9 Å². The minimum atomic E-state index is -0.554. The molecule has 0 atom stereocenters. The standard InChI is InChI=1S/C17H17NO6/c1-10(19)22-9-17(24-12(3)21)13-5-6-15-14(7-13)16(8-18(15)4)23-11(2)20/h5-9H,1-4H3/b17-9-. The molecule has 0 unspecified atom stereocenters. The molecule has 0 aliphatic heterocycles. The van der Waals surface area contributed by atoms with Gasteiger partial charge in [0.15, 0.2) is 11.5 Å². The molecule has 0 aliphatic carbocycles. The molecule has 2 rings (SSSR count). The zero-order valence-electron chi connectivity index (χ0n) is 13.8. The van der Waals surface area contributed by atoms with Gasteiger partial charge in [-0.2, -0.15) is 0 Å². The number of fused-ring (bicyclic) bond motifs is 1. The topological polar surface area (TPSA) is 83.8 Å². The zero-order chi connectivity index (χ0) is 17.9. The fourth-order valence-corrected chi connectivity index (χ4v) is 2.19. The Labute approximate surface area is 138 Å². The molecule has 0 fully saturated rings. The van der Waals surface area contributed by atoms with Gasteiger partial charge in [0.25, 0.3) is 0 Å². The Morgan fingerprint density at radius 2 is 1.75 bits per heavy atom. The van der Waals surface area contributed by atoms with Crippen molar-refractivity contribution >= 4 is 34.6 Å². The number of benzene rings is 1. The predicted octanol–water partition coefficient (Wildman–Crippen LogP) is 2.53. The first kappa shape index (κ1) is 17.3. The van der Waals surface area contributed by atoms with Gasteiger partial charge in [-0.1, -0.05) is 0 Å². The maximum Gasteiger partial charge on any atom is 0.308 e. The van der Waals surface area contributed by atoms with Gasteiger partial charge in [-0.25, -0.2) is 0 Å². The van der Waals surface area contributed by atoms with E-state index in [9.17, 15) is 14.4 Å². The van der Waals surface area contributed by atoms with Crippen LogP contribution in [0.1, 0.15) is 26.3 Å². The molecule has 0 spiro atoms. The van der Waals surface area contributed by atoms with Gasteiger partial charge in [-0.15, -0.1) is 0 Å². The van der Waals surface area contributed by atoms with Crippen LogP contribution in [0.5, 0.6) is 5.75 Å². The number of carbonyl (C=O) groups is 3. The Morgan fingerprint density at radius 3 is 2.33 bits per heavy atom. The summed E-state index contributed by atoms with van der Waals surface area (Å²) in [5.41, 5.74) is 1.32. The van der Waals surface area contributed by atoms with Crippen LogP contribution in [0.3, 0.4) is 0 Å². The Balaban J connectivity index is 2.52. The highest BCUT2D eigenvalue weighted by Crippen LogP contribution is 2.31. The van der Waals surface area contributed by atoms with E-state index >= 15 is 0 Å². The fraction of sp³-hybridized carbons (Fsp3) is 0.235. The van der Waals surface area contributed by atoms with Crippen LogP contribution in [0.25, 0.3) is 16.7 Å². The van der Waals surface area contributed by atoms with Crippen molar-refractivity contribution in [2.24, 2.45) is 7.05 Å². The zero-order valence-corrected chi connectivity index (χ0v) is 13.8. The maximum atomic E-state index is 11.3. The van der Waals surface area contributed by atoms with Gasteiger partial charge < -0.3 is 18.8 Å². The van der Waals surface area contributed by atoms with Crippen molar-refractivity contribution in [3.63, 3.8) is 0 Å². The van der Waals surface area contributed by atoms with Gasteiger partial charge in [0.05, 0.1) is 5.52 Å². The molecule has 1 aromatic heterocycles. The number of hydrogen-bond donors (Lipinski definition) is 0. The first-order valence-electron chi connectivity index (χ1n) is 7.11. The number of hydrogen-bond acceptors (Lipinski definition) is 6. The molecule has 0 saturated carbocycles. The lowest BCUT2D eigenvalue weighted by atomic mass is 10.1. The highest BCUT2D eigenvalue weighted by atomic mass is 16.6. The quantitative estimate of drug-likeness (QED) is 0.632. The summed E-state index contributed by atoms with van der Waals surface area (Å²) < 4.78 is 16.9. The molecule has 0 radical (unpaired) electrons. The van der Waals surface area contributed by atoms with E-state index in [1.807, 2.05) is 7.05 Å². The van der Waals surface area contributed by atoms with Gasteiger partial charge in [-0.3, -0.25) is 14.4 Å². The molecule has 0 aliphatic rings. The Morgan fingerprint density at radius 1 is 1.04 bits per heavy atom. The number of nitrogens with zero attached hydrogens (tertiary/aromatic N) is 1. The van der Waals surface area contributed by atoms with Crippen LogP contribution in [0, 0.1) is 0 Å². The Bertz CT molecular complexity index is 846. The van der Waals surface area contributed by atoms with Crippen molar-refractivity contribution < 1.29 is 28.6 Å².